The van der Waals surface area contributed by atoms with Gasteiger partial charge in [-0.3, -0.25) is 4.90 Å². The van der Waals surface area contributed by atoms with Crippen molar-refractivity contribution in [3.8, 4) is 11.8 Å². The molecule has 2 aromatic heterocycles. The van der Waals surface area contributed by atoms with Crippen LogP contribution in [0.2, 0.25) is 0 Å². The number of aromatic nitrogens is 2. The predicted octanol–water partition coefficient (Wildman–Crippen LogP) is 1.69. The van der Waals surface area contributed by atoms with Gasteiger partial charge in [0.25, 0.3) is 0 Å². The van der Waals surface area contributed by atoms with Crippen molar-refractivity contribution < 1.29 is 5.11 Å². The van der Waals surface area contributed by atoms with Crippen LogP contribution in [-0.4, -0.2) is 32.7 Å². The van der Waals surface area contributed by atoms with Crippen LogP contribution in [0.4, 0.5) is 0 Å². The normalized spacial score (nSPS) is 14.7. The van der Waals surface area contributed by atoms with Crippen LogP contribution in [0.25, 0.3) is 0 Å². The third-order valence-electron chi connectivity index (χ3n) is 3.33. The SMILES string of the molecule is OCCC#Cc1csc(CN2CCn3ccnc3C2)c1. The van der Waals surface area contributed by atoms with E-state index in [0.717, 1.165) is 37.6 Å². The second kappa shape index (κ2) is 6.23. The van der Waals surface area contributed by atoms with Gasteiger partial charge in [-0.05, 0) is 6.07 Å². The molecule has 3 heterocycles. The van der Waals surface area contributed by atoms with Gasteiger partial charge >= 0.3 is 0 Å². The lowest BCUT2D eigenvalue weighted by molar-refractivity contribution is 0.210. The van der Waals surface area contributed by atoms with Gasteiger partial charge in [-0.1, -0.05) is 11.8 Å². The van der Waals surface area contributed by atoms with Crippen molar-refractivity contribution in [3.63, 3.8) is 0 Å². The van der Waals surface area contributed by atoms with Crippen LogP contribution in [0.1, 0.15) is 22.7 Å². The number of aliphatic hydroxyl groups is 1. The molecule has 0 fully saturated rings. The van der Waals surface area contributed by atoms with E-state index in [0.29, 0.717) is 6.42 Å². The average Bonchev–Trinajstić information content (AvgIpc) is 3.08. The Morgan fingerprint density at radius 3 is 3.25 bits per heavy atom. The minimum absolute atomic E-state index is 0.129. The smallest absolute Gasteiger partial charge is 0.122 e. The Morgan fingerprint density at radius 1 is 1.40 bits per heavy atom. The first kappa shape index (κ1) is 13.4. The fourth-order valence-corrected chi connectivity index (χ4v) is 3.19. The fourth-order valence-electron chi connectivity index (χ4n) is 2.33. The Hall–Kier alpha value is -1.61. The molecule has 0 unspecified atom stereocenters. The molecule has 0 aliphatic carbocycles. The maximum absolute atomic E-state index is 8.71. The maximum Gasteiger partial charge on any atom is 0.122 e. The molecular weight excluding hydrogens is 270 g/mol. The lowest BCUT2D eigenvalue weighted by atomic mass is 10.2. The lowest BCUT2D eigenvalue weighted by Gasteiger charge is -2.26. The van der Waals surface area contributed by atoms with E-state index in [2.05, 4.69) is 37.7 Å². The zero-order valence-electron chi connectivity index (χ0n) is 11.2. The van der Waals surface area contributed by atoms with E-state index in [4.69, 9.17) is 5.11 Å². The average molecular weight is 287 g/mol. The fraction of sp³-hybridized carbons (Fsp3) is 0.400. The van der Waals surface area contributed by atoms with Crippen LogP contribution in [0, 0.1) is 11.8 Å². The summed E-state index contributed by atoms with van der Waals surface area (Å²) >= 11 is 1.75. The van der Waals surface area contributed by atoms with Crippen molar-refractivity contribution in [2.24, 2.45) is 0 Å². The zero-order chi connectivity index (χ0) is 13.8. The maximum atomic E-state index is 8.71. The number of imidazole rings is 1. The van der Waals surface area contributed by atoms with Crippen LogP contribution in [0.5, 0.6) is 0 Å². The van der Waals surface area contributed by atoms with Crippen molar-refractivity contribution in [3.05, 3.63) is 40.1 Å². The van der Waals surface area contributed by atoms with Crippen LogP contribution < -0.4 is 0 Å². The summed E-state index contributed by atoms with van der Waals surface area (Å²) in [4.78, 5) is 8.13. The Balaban J connectivity index is 1.61. The van der Waals surface area contributed by atoms with Crippen LogP contribution in [-0.2, 0) is 19.6 Å². The standard InChI is InChI=1S/C15H17N3OS/c19-8-2-1-3-13-9-14(20-12-13)10-17-6-7-18-5-4-16-15(18)11-17/h4-5,9,12,19H,2,6-8,10-11H2. The molecule has 0 spiro atoms. The van der Waals surface area contributed by atoms with Gasteiger partial charge in [0.15, 0.2) is 0 Å². The molecule has 0 saturated carbocycles. The molecule has 0 bridgehead atoms. The van der Waals surface area contributed by atoms with Gasteiger partial charge < -0.3 is 9.67 Å². The number of aliphatic hydroxyl groups excluding tert-OH is 1. The predicted molar refractivity (Wildman–Crippen MR) is 79.2 cm³/mol. The van der Waals surface area contributed by atoms with Crippen molar-refractivity contribution in [2.45, 2.75) is 26.1 Å². The molecule has 104 valence electrons. The summed E-state index contributed by atoms with van der Waals surface area (Å²) in [5.41, 5.74) is 1.05. The van der Waals surface area contributed by atoms with Crippen LogP contribution >= 0.6 is 11.3 Å². The highest BCUT2D eigenvalue weighted by Crippen LogP contribution is 2.19. The summed E-state index contributed by atoms with van der Waals surface area (Å²) < 4.78 is 2.22. The number of rotatable bonds is 3. The van der Waals surface area contributed by atoms with Gasteiger partial charge in [0.05, 0.1) is 13.2 Å². The zero-order valence-corrected chi connectivity index (χ0v) is 12.1. The van der Waals surface area contributed by atoms with Gasteiger partial charge in [0, 0.05) is 54.3 Å². The van der Waals surface area contributed by atoms with Crippen molar-refractivity contribution >= 4 is 11.3 Å². The van der Waals surface area contributed by atoms with Crippen LogP contribution in [0.15, 0.2) is 23.8 Å². The van der Waals surface area contributed by atoms with Crippen molar-refractivity contribution in [2.75, 3.05) is 13.2 Å². The van der Waals surface area contributed by atoms with Crippen molar-refractivity contribution in [1.82, 2.24) is 14.5 Å². The first-order valence-electron chi connectivity index (χ1n) is 6.74. The number of hydrogen-bond donors (Lipinski definition) is 1. The van der Waals surface area contributed by atoms with Gasteiger partial charge in [-0.25, -0.2) is 4.98 Å². The lowest BCUT2D eigenvalue weighted by Crippen LogP contribution is -2.32. The highest BCUT2D eigenvalue weighted by Gasteiger charge is 2.16. The summed E-state index contributed by atoms with van der Waals surface area (Å²) in [6.07, 6.45) is 4.46. The summed E-state index contributed by atoms with van der Waals surface area (Å²) in [6.45, 7) is 4.08. The topological polar surface area (TPSA) is 41.3 Å². The van der Waals surface area contributed by atoms with E-state index in [-0.39, 0.29) is 6.61 Å². The van der Waals surface area contributed by atoms with Crippen LogP contribution in [0.3, 0.4) is 0 Å². The Morgan fingerprint density at radius 2 is 2.35 bits per heavy atom. The summed E-state index contributed by atoms with van der Waals surface area (Å²) in [6, 6.07) is 2.15. The second-order valence-corrected chi connectivity index (χ2v) is 5.82. The minimum Gasteiger partial charge on any atom is -0.395 e. The highest BCUT2D eigenvalue weighted by molar-refractivity contribution is 7.10. The van der Waals surface area contributed by atoms with Gasteiger partial charge in [-0.15, -0.1) is 11.3 Å². The monoisotopic (exact) mass is 287 g/mol. The number of thiophene rings is 1. The quantitative estimate of drug-likeness (QED) is 0.874. The van der Waals surface area contributed by atoms with E-state index < -0.39 is 0 Å². The molecular formula is C15H17N3OS. The Bertz CT molecular complexity index is 635. The third-order valence-corrected chi connectivity index (χ3v) is 4.25. The Kier molecular flexibility index (Phi) is 4.16. The first-order chi connectivity index (χ1) is 9.85. The summed E-state index contributed by atoms with van der Waals surface area (Å²) in [5, 5.41) is 10.8. The van der Waals surface area contributed by atoms with E-state index in [1.807, 2.05) is 12.4 Å². The second-order valence-electron chi connectivity index (χ2n) is 4.82. The number of hydrogen-bond acceptors (Lipinski definition) is 4. The Labute approximate surface area is 122 Å². The molecule has 1 N–H and O–H groups in total. The van der Waals surface area contributed by atoms with E-state index in [9.17, 15) is 0 Å². The summed E-state index contributed by atoms with van der Waals surface area (Å²) in [7, 11) is 0. The molecule has 0 amide bonds. The van der Waals surface area contributed by atoms with E-state index in [1.54, 1.807) is 11.3 Å². The molecule has 4 nitrogen and oxygen atoms in total. The van der Waals surface area contributed by atoms with Gasteiger partial charge in [0.2, 0.25) is 0 Å². The van der Waals surface area contributed by atoms with Gasteiger partial charge in [-0.2, -0.15) is 0 Å². The van der Waals surface area contributed by atoms with E-state index in [1.165, 1.54) is 4.88 Å². The van der Waals surface area contributed by atoms with E-state index >= 15 is 0 Å². The summed E-state index contributed by atoms with van der Waals surface area (Å²) in [5.74, 6) is 7.19. The molecule has 0 aromatic carbocycles. The molecule has 5 heteroatoms. The number of nitrogens with zero attached hydrogens (tertiary/aromatic N) is 3. The molecule has 0 atom stereocenters. The highest BCUT2D eigenvalue weighted by atomic mass is 32.1. The molecule has 1 aliphatic heterocycles. The third kappa shape index (κ3) is 3.10. The first-order valence-corrected chi connectivity index (χ1v) is 7.62. The minimum atomic E-state index is 0.129. The molecule has 0 saturated heterocycles. The molecule has 2 aromatic rings. The molecule has 20 heavy (non-hydrogen) atoms. The number of fused-ring (bicyclic) bond motifs is 1. The molecule has 1 aliphatic rings. The van der Waals surface area contributed by atoms with Gasteiger partial charge in [0.1, 0.15) is 5.82 Å². The largest absolute Gasteiger partial charge is 0.395 e. The molecule has 0 radical (unpaired) electrons. The molecule has 3 rings (SSSR count). The van der Waals surface area contributed by atoms with Crippen molar-refractivity contribution in [1.29, 1.82) is 0 Å².